The Kier molecular flexibility index (Phi) is 3.67. The van der Waals surface area contributed by atoms with Crippen LogP contribution in [0.15, 0.2) is 79.0 Å². The Morgan fingerprint density at radius 3 is 1.96 bits per heavy atom. The van der Waals surface area contributed by atoms with E-state index >= 15 is 0 Å². The number of benzene rings is 3. The highest BCUT2D eigenvalue weighted by molar-refractivity contribution is 5.80. The minimum absolute atomic E-state index is 0.0826. The first-order valence-corrected chi connectivity index (χ1v) is 7.80. The number of non-ortho nitro benzene ring substituents is 1. The highest BCUT2D eigenvalue weighted by Crippen LogP contribution is 2.46. The molecule has 0 aliphatic carbocycles. The lowest BCUT2D eigenvalue weighted by Crippen LogP contribution is -2.14. The molecule has 0 N–H and O–H groups in total. The van der Waals surface area contributed by atoms with Gasteiger partial charge in [0.05, 0.1) is 16.3 Å². The van der Waals surface area contributed by atoms with Crippen molar-refractivity contribution in [2.45, 2.75) is 0 Å². The molecule has 0 atom stereocenters. The Hall–Kier alpha value is -3.60. The van der Waals surface area contributed by atoms with Crippen molar-refractivity contribution in [3.05, 3.63) is 94.7 Å². The van der Waals surface area contributed by atoms with Gasteiger partial charge in [0.25, 0.3) is 5.69 Å². The average Bonchev–Trinajstić information content (AvgIpc) is 2.65. The number of fused-ring (bicyclic) bond motifs is 2. The van der Waals surface area contributed by atoms with E-state index in [9.17, 15) is 10.1 Å². The maximum atomic E-state index is 10.8. The second-order valence-corrected chi connectivity index (χ2v) is 5.57. The fraction of sp³-hybridized carbons (Fsp3) is 0. The number of para-hydroxylation sites is 4. The Bertz CT molecular complexity index is 919. The van der Waals surface area contributed by atoms with E-state index in [-0.39, 0.29) is 5.69 Å². The van der Waals surface area contributed by atoms with Gasteiger partial charge in [0.1, 0.15) is 0 Å². The monoisotopic (exact) mass is 330 g/mol. The lowest BCUT2D eigenvalue weighted by molar-refractivity contribution is -0.384. The summed E-state index contributed by atoms with van der Waals surface area (Å²) in [6.07, 6.45) is 3.87. The van der Waals surface area contributed by atoms with Crippen LogP contribution in [0.2, 0.25) is 0 Å². The molecule has 0 amide bonds. The summed E-state index contributed by atoms with van der Waals surface area (Å²) in [5, 5.41) is 10.8. The van der Waals surface area contributed by atoms with Crippen LogP contribution in [-0.2, 0) is 0 Å². The number of nitro benzene ring substituents is 1. The van der Waals surface area contributed by atoms with E-state index in [1.54, 1.807) is 12.1 Å². The third-order valence-corrected chi connectivity index (χ3v) is 3.99. The van der Waals surface area contributed by atoms with Gasteiger partial charge >= 0.3 is 0 Å². The number of nitrogens with zero attached hydrogens (tertiary/aromatic N) is 2. The van der Waals surface area contributed by atoms with E-state index in [2.05, 4.69) is 4.90 Å². The first kappa shape index (κ1) is 15.0. The van der Waals surface area contributed by atoms with Crippen molar-refractivity contribution in [2.24, 2.45) is 0 Å². The molecule has 0 unspecified atom stereocenters. The summed E-state index contributed by atoms with van der Waals surface area (Å²) in [7, 11) is 0. The zero-order chi connectivity index (χ0) is 17.2. The van der Waals surface area contributed by atoms with Crippen LogP contribution in [0, 0.1) is 10.1 Å². The molecule has 1 aliphatic rings. The molecule has 0 radical (unpaired) electrons. The molecule has 0 aromatic heterocycles. The third kappa shape index (κ3) is 2.83. The smallest absolute Gasteiger partial charge is 0.269 e. The summed E-state index contributed by atoms with van der Waals surface area (Å²) < 4.78 is 5.95. The van der Waals surface area contributed by atoms with Crippen molar-refractivity contribution >= 4 is 23.1 Å². The largest absolute Gasteiger partial charge is 0.453 e. The van der Waals surface area contributed by atoms with Gasteiger partial charge in [-0.1, -0.05) is 24.3 Å². The molecule has 3 aromatic carbocycles. The van der Waals surface area contributed by atoms with Gasteiger partial charge in [0.2, 0.25) is 0 Å². The molecule has 0 fully saturated rings. The zero-order valence-electron chi connectivity index (χ0n) is 13.2. The second kappa shape index (κ2) is 6.13. The van der Waals surface area contributed by atoms with Crippen molar-refractivity contribution in [2.75, 3.05) is 4.90 Å². The summed E-state index contributed by atoms with van der Waals surface area (Å²) in [6.45, 7) is 0. The lowest BCUT2D eigenvalue weighted by atomic mass is 10.1. The van der Waals surface area contributed by atoms with Crippen LogP contribution in [0.3, 0.4) is 0 Å². The number of rotatable bonds is 3. The van der Waals surface area contributed by atoms with E-state index in [0.717, 1.165) is 28.4 Å². The predicted octanol–water partition coefficient (Wildman–Crippen LogP) is 5.51. The zero-order valence-corrected chi connectivity index (χ0v) is 13.2. The summed E-state index contributed by atoms with van der Waals surface area (Å²) in [4.78, 5) is 12.4. The van der Waals surface area contributed by atoms with Crippen LogP contribution in [0.4, 0.5) is 17.1 Å². The van der Waals surface area contributed by atoms with Gasteiger partial charge in [-0.3, -0.25) is 10.1 Å². The second-order valence-electron chi connectivity index (χ2n) is 5.57. The number of ether oxygens (including phenoxy) is 1. The molecule has 5 nitrogen and oxygen atoms in total. The van der Waals surface area contributed by atoms with Gasteiger partial charge in [0, 0.05) is 18.3 Å². The van der Waals surface area contributed by atoms with Gasteiger partial charge in [-0.2, -0.15) is 0 Å². The van der Waals surface area contributed by atoms with Crippen molar-refractivity contribution in [1.82, 2.24) is 0 Å². The predicted molar refractivity (Wildman–Crippen MR) is 97.2 cm³/mol. The van der Waals surface area contributed by atoms with Crippen LogP contribution in [0.5, 0.6) is 11.5 Å². The quantitative estimate of drug-likeness (QED) is 0.469. The number of hydrogen-bond acceptors (Lipinski definition) is 4. The van der Waals surface area contributed by atoms with Crippen molar-refractivity contribution in [1.29, 1.82) is 0 Å². The lowest BCUT2D eigenvalue weighted by Gasteiger charge is -2.30. The third-order valence-electron chi connectivity index (χ3n) is 3.99. The molecule has 1 aliphatic heterocycles. The Morgan fingerprint density at radius 1 is 0.840 bits per heavy atom. The van der Waals surface area contributed by atoms with Crippen molar-refractivity contribution < 1.29 is 9.66 Å². The topological polar surface area (TPSA) is 55.6 Å². The Morgan fingerprint density at radius 2 is 1.40 bits per heavy atom. The van der Waals surface area contributed by atoms with Crippen LogP contribution >= 0.6 is 0 Å². The molecule has 0 saturated carbocycles. The molecule has 0 spiro atoms. The average molecular weight is 330 g/mol. The van der Waals surface area contributed by atoms with E-state index in [4.69, 9.17) is 4.74 Å². The van der Waals surface area contributed by atoms with Gasteiger partial charge in [-0.15, -0.1) is 0 Å². The Labute approximate surface area is 144 Å². The minimum atomic E-state index is -0.401. The van der Waals surface area contributed by atoms with Gasteiger partial charge in [0.15, 0.2) is 11.5 Å². The number of anilines is 2. The standard InChI is InChI=1S/C20H14N2O3/c23-22(24)16-11-9-15(10-12-16)13-14-21-17-5-1-3-7-19(17)25-20-8-4-2-6-18(20)21/h1-14H. The molecule has 25 heavy (non-hydrogen) atoms. The normalized spacial score (nSPS) is 12.4. The maximum Gasteiger partial charge on any atom is 0.269 e. The highest BCUT2D eigenvalue weighted by atomic mass is 16.6. The van der Waals surface area contributed by atoms with E-state index in [1.165, 1.54) is 12.1 Å². The van der Waals surface area contributed by atoms with Crippen molar-refractivity contribution in [3.63, 3.8) is 0 Å². The van der Waals surface area contributed by atoms with Gasteiger partial charge < -0.3 is 9.64 Å². The van der Waals surface area contributed by atoms with Gasteiger partial charge in [-0.25, -0.2) is 0 Å². The SMILES string of the molecule is O=[N+]([O-])c1ccc(C=CN2c3ccccc3Oc3ccccc32)cc1. The Balaban J connectivity index is 1.71. The van der Waals surface area contributed by atoms with E-state index in [1.807, 2.05) is 60.8 Å². The number of hydrogen-bond donors (Lipinski definition) is 0. The summed E-state index contributed by atoms with van der Waals surface area (Å²) in [5.41, 5.74) is 2.85. The van der Waals surface area contributed by atoms with Crippen LogP contribution < -0.4 is 9.64 Å². The molecule has 4 rings (SSSR count). The first-order chi connectivity index (χ1) is 12.2. The molecular formula is C20H14N2O3. The molecule has 122 valence electrons. The minimum Gasteiger partial charge on any atom is -0.453 e. The van der Waals surface area contributed by atoms with E-state index < -0.39 is 4.92 Å². The van der Waals surface area contributed by atoms with Crippen molar-refractivity contribution in [3.8, 4) is 11.5 Å². The highest BCUT2D eigenvalue weighted by Gasteiger charge is 2.21. The number of nitro groups is 1. The molecular weight excluding hydrogens is 316 g/mol. The molecule has 0 bridgehead atoms. The summed E-state index contributed by atoms with van der Waals surface area (Å²) in [5.74, 6) is 1.57. The van der Waals surface area contributed by atoms with Crippen LogP contribution in [0.25, 0.3) is 6.08 Å². The fourth-order valence-corrected chi connectivity index (χ4v) is 2.76. The fourth-order valence-electron chi connectivity index (χ4n) is 2.76. The molecule has 5 heteroatoms. The van der Waals surface area contributed by atoms with Gasteiger partial charge in [-0.05, 0) is 48.0 Å². The molecule has 1 heterocycles. The first-order valence-electron chi connectivity index (χ1n) is 7.80. The summed E-state index contributed by atoms with van der Waals surface area (Å²) in [6, 6.07) is 22.1. The van der Waals surface area contributed by atoms with Crippen LogP contribution in [-0.4, -0.2) is 4.92 Å². The van der Waals surface area contributed by atoms with Crippen LogP contribution in [0.1, 0.15) is 5.56 Å². The summed E-state index contributed by atoms with van der Waals surface area (Å²) >= 11 is 0. The maximum absolute atomic E-state index is 10.8. The molecule has 0 saturated heterocycles. The van der Waals surface area contributed by atoms with E-state index in [0.29, 0.717) is 0 Å². The molecule has 3 aromatic rings.